The molecular weight excluding hydrogens is 282 g/mol. The highest BCUT2D eigenvalue weighted by Crippen LogP contribution is 2.26. The summed E-state index contributed by atoms with van der Waals surface area (Å²) in [7, 11) is 0. The second kappa shape index (κ2) is 5.35. The quantitative estimate of drug-likeness (QED) is 0.807. The van der Waals surface area contributed by atoms with E-state index in [2.05, 4.69) is 12.6 Å². The van der Waals surface area contributed by atoms with Gasteiger partial charge >= 0.3 is 0 Å². The molecule has 1 aliphatic heterocycles. The first-order valence-corrected chi connectivity index (χ1v) is 7.06. The van der Waals surface area contributed by atoms with Crippen LogP contribution in [0.25, 0.3) is 0 Å². The lowest BCUT2D eigenvalue weighted by atomic mass is 10.0. The maximum absolute atomic E-state index is 12.6. The van der Waals surface area contributed by atoms with E-state index in [4.69, 9.17) is 16.3 Å². The van der Waals surface area contributed by atoms with E-state index in [9.17, 15) is 4.79 Å². The predicted octanol–water partition coefficient (Wildman–Crippen LogP) is 3.27. The highest BCUT2D eigenvalue weighted by Gasteiger charge is 2.34. The summed E-state index contributed by atoms with van der Waals surface area (Å²) < 4.78 is 5.80. The van der Waals surface area contributed by atoms with Gasteiger partial charge in [-0.05, 0) is 39.0 Å². The molecule has 0 radical (unpaired) electrons. The van der Waals surface area contributed by atoms with Gasteiger partial charge in [0.1, 0.15) is 0 Å². The van der Waals surface area contributed by atoms with Crippen LogP contribution >= 0.6 is 24.2 Å². The third kappa shape index (κ3) is 3.44. The van der Waals surface area contributed by atoms with Crippen LogP contribution in [0.5, 0.6) is 0 Å². The molecular formula is C14H18ClNO2S. The molecule has 1 aliphatic rings. The topological polar surface area (TPSA) is 29.5 Å². The second-order valence-electron chi connectivity index (χ2n) is 5.54. The zero-order valence-electron chi connectivity index (χ0n) is 11.3. The lowest BCUT2D eigenvalue weighted by molar-refractivity contribution is -0.118. The van der Waals surface area contributed by atoms with E-state index < -0.39 is 0 Å². The first-order valence-electron chi connectivity index (χ1n) is 6.24. The molecule has 1 aromatic rings. The normalized spacial score (nSPS) is 22.4. The van der Waals surface area contributed by atoms with Gasteiger partial charge in [0.05, 0.1) is 22.3 Å². The van der Waals surface area contributed by atoms with Gasteiger partial charge in [-0.2, -0.15) is 0 Å². The van der Waals surface area contributed by atoms with Crippen LogP contribution in [0, 0.1) is 0 Å². The Morgan fingerprint density at radius 1 is 1.53 bits per heavy atom. The van der Waals surface area contributed by atoms with E-state index in [1.807, 2.05) is 20.8 Å². The van der Waals surface area contributed by atoms with Gasteiger partial charge in [-0.25, -0.2) is 0 Å². The Morgan fingerprint density at radius 2 is 2.21 bits per heavy atom. The Balaban J connectivity index is 2.26. The van der Waals surface area contributed by atoms with Gasteiger partial charge in [0.2, 0.25) is 0 Å². The standard InChI is InChI=1S/C14H18ClNO2S/c1-9-7-16(8-14(2,3)18-9)13(17)11-6-10(19)4-5-12(11)15/h4-6,9,19H,7-8H2,1-3H3. The molecule has 0 N–H and O–H groups in total. The van der Waals surface area contributed by atoms with E-state index in [0.717, 1.165) is 4.90 Å². The van der Waals surface area contributed by atoms with Gasteiger partial charge in [-0.15, -0.1) is 12.6 Å². The fourth-order valence-electron chi connectivity index (χ4n) is 2.46. The van der Waals surface area contributed by atoms with Crippen LogP contribution in [-0.4, -0.2) is 35.6 Å². The molecule has 0 spiro atoms. The molecule has 3 nitrogen and oxygen atoms in total. The Bertz CT molecular complexity index is 504. The molecule has 0 bridgehead atoms. The minimum absolute atomic E-state index is 0.0191. The van der Waals surface area contributed by atoms with E-state index in [1.165, 1.54) is 0 Å². The Kier molecular flexibility index (Phi) is 4.14. The van der Waals surface area contributed by atoms with Crippen molar-refractivity contribution < 1.29 is 9.53 Å². The van der Waals surface area contributed by atoms with Crippen LogP contribution in [0.2, 0.25) is 5.02 Å². The molecule has 1 aromatic carbocycles. The number of nitrogens with zero attached hydrogens (tertiary/aromatic N) is 1. The van der Waals surface area contributed by atoms with Crippen molar-refractivity contribution >= 4 is 30.1 Å². The van der Waals surface area contributed by atoms with Gasteiger partial charge in [0, 0.05) is 18.0 Å². The molecule has 0 aliphatic carbocycles. The molecule has 1 heterocycles. The third-order valence-electron chi connectivity index (χ3n) is 3.04. The highest BCUT2D eigenvalue weighted by molar-refractivity contribution is 7.80. The van der Waals surface area contributed by atoms with Crippen LogP contribution in [0.4, 0.5) is 0 Å². The molecule has 1 unspecified atom stereocenters. The zero-order valence-corrected chi connectivity index (χ0v) is 13.0. The molecule has 1 fully saturated rings. The molecule has 1 saturated heterocycles. The first-order chi connectivity index (χ1) is 8.78. The average Bonchev–Trinajstić information content (AvgIpc) is 2.29. The number of ether oxygens (including phenoxy) is 1. The summed E-state index contributed by atoms with van der Waals surface area (Å²) in [6.07, 6.45) is 0.0191. The summed E-state index contributed by atoms with van der Waals surface area (Å²) in [5.41, 5.74) is 0.164. The number of benzene rings is 1. The second-order valence-corrected chi connectivity index (χ2v) is 6.46. The number of morpholine rings is 1. The van der Waals surface area contributed by atoms with Gasteiger partial charge < -0.3 is 9.64 Å². The fourth-order valence-corrected chi connectivity index (χ4v) is 2.86. The molecule has 104 valence electrons. The maximum Gasteiger partial charge on any atom is 0.255 e. The summed E-state index contributed by atoms with van der Waals surface area (Å²) in [5.74, 6) is -0.0656. The van der Waals surface area contributed by atoms with Crippen molar-refractivity contribution in [3.05, 3.63) is 28.8 Å². The van der Waals surface area contributed by atoms with Crippen LogP contribution < -0.4 is 0 Å². The van der Waals surface area contributed by atoms with Crippen LogP contribution in [0.1, 0.15) is 31.1 Å². The number of amides is 1. The minimum atomic E-state index is -0.335. The zero-order chi connectivity index (χ0) is 14.2. The molecule has 0 saturated carbocycles. The minimum Gasteiger partial charge on any atom is -0.369 e. The van der Waals surface area contributed by atoms with Crippen molar-refractivity contribution in [3.8, 4) is 0 Å². The fraction of sp³-hybridized carbons (Fsp3) is 0.500. The number of thiol groups is 1. The Morgan fingerprint density at radius 3 is 2.84 bits per heavy atom. The smallest absolute Gasteiger partial charge is 0.255 e. The Hall–Kier alpha value is -0.710. The number of halogens is 1. The van der Waals surface area contributed by atoms with Crippen molar-refractivity contribution in [3.63, 3.8) is 0 Å². The molecule has 5 heteroatoms. The number of hydrogen-bond acceptors (Lipinski definition) is 3. The van der Waals surface area contributed by atoms with Crippen LogP contribution in [-0.2, 0) is 4.74 Å². The SMILES string of the molecule is CC1CN(C(=O)c2cc(S)ccc2Cl)CC(C)(C)O1. The summed E-state index contributed by atoms with van der Waals surface area (Å²) in [4.78, 5) is 15.1. The lowest BCUT2D eigenvalue weighted by Crippen LogP contribution is -2.53. The van der Waals surface area contributed by atoms with E-state index in [0.29, 0.717) is 23.7 Å². The molecule has 1 atom stereocenters. The Labute approximate surface area is 124 Å². The monoisotopic (exact) mass is 299 g/mol. The number of carbonyl (C=O) groups is 1. The van der Waals surface area contributed by atoms with Gasteiger partial charge in [0.25, 0.3) is 5.91 Å². The number of rotatable bonds is 1. The van der Waals surface area contributed by atoms with Crippen molar-refractivity contribution in [2.75, 3.05) is 13.1 Å². The van der Waals surface area contributed by atoms with E-state index in [1.54, 1.807) is 23.1 Å². The lowest BCUT2D eigenvalue weighted by Gasteiger charge is -2.41. The largest absolute Gasteiger partial charge is 0.369 e. The van der Waals surface area contributed by atoms with Crippen molar-refractivity contribution in [1.29, 1.82) is 0 Å². The number of hydrogen-bond donors (Lipinski definition) is 1. The highest BCUT2D eigenvalue weighted by atomic mass is 35.5. The summed E-state index contributed by atoms with van der Waals surface area (Å²) in [5, 5.41) is 0.458. The van der Waals surface area contributed by atoms with Gasteiger partial charge in [0.15, 0.2) is 0 Å². The third-order valence-corrected chi connectivity index (χ3v) is 3.64. The predicted molar refractivity (Wildman–Crippen MR) is 79.2 cm³/mol. The van der Waals surface area contributed by atoms with Crippen LogP contribution in [0.15, 0.2) is 23.1 Å². The van der Waals surface area contributed by atoms with Gasteiger partial charge in [-0.3, -0.25) is 4.79 Å². The molecule has 0 aromatic heterocycles. The number of carbonyl (C=O) groups excluding carboxylic acids is 1. The van der Waals surface area contributed by atoms with Crippen LogP contribution in [0.3, 0.4) is 0 Å². The molecule has 1 amide bonds. The summed E-state index contributed by atoms with van der Waals surface area (Å²) in [6, 6.07) is 5.18. The molecule has 19 heavy (non-hydrogen) atoms. The van der Waals surface area contributed by atoms with Crippen molar-refractivity contribution in [2.45, 2.75) is 37.4 Å². The average molecular weight is 300 g/mol. The van der Waals surface area contributed by atoms with E-state index >= 15 is 0 Å². The van der Waals surface area contributed by atoms with Gasteiger partial charge in [-0.1, -0.05) is 11.6 Å². The molecule has 2 rings (SSSR count). The van der Waals surface area contributed by atoms with Crippen molar-refractivity contribution in [1.82, 2.24) is 4.90 Å². The van der Waals surface area contributed by atoms with E-state index in [-0.39, 0.29) is 17.6 Å². The maximum atomic E-state index is 12.6. The van der Waals surface area contributed by atoms with Crippen molar-refractivity contribution in [2.24, 2.45) is 0 Å². The summed E-state index contributed by atoms with van der Waals surface area (Å²) >= 11 is 10.4. The first kappa shape index (κ1) is 14.7. The summed E-state index contributed by atoms with van der Waals surface area (Å²) in [6.45, 7) is 7.08.